The largest absolute Gasteiger partial charge is 0.339 e. The highest BCUT2D eigenvalue weighted by molar-refractivity contribution is 7.99. The van der Waals surface area contributed by atoms with E-state index in [2.05, 4.69) is 11.9 Å². The average Bonchev–Trinajstić information content (AvgIpc) is 2.81. The zero-order valence-electron chi connectivity index (χ0n) is 12.1. The van der Waals surface area contributed by atoms with Gasteiger partial charge in [-0.05, 0) is 37.4 Å². The van der Waals surface area contributed by atoms with Crippen molar-refractivity contribution in [1.82, 2.24) is 9.88 Å². The van der Waals surface area contributed by atoms with Crippen LogP contribution in [0.1, 0.15) is 18.9 Å². The first-order chi connectivity index (χ1) is 9.20. The van der Waals surface area contributed by atoms with Crippen LogP contribution in [0.2, 0.25) is 0 Å². The predicted octanol–water partition coefficient (Wildman–Crippen LogP) is 2.35. The van der Waals surface area contributed by atoms with Gasteiger partial charge in [0.15, 0.2) is 0 Å². The van der Waals surface area contributed by atoms with Gasteiger partial charge in [0.1, 0.15) is 0 Å². The Balaban J connectivity index is 0.00000200. The van der Waals surface area contributed by atoms with Crippen LogP contribution in [0, 0.1) is 5.92 Å². The first-order valence-corrected chi connectivity index (χ1v) is 7.82. The van der Waals surface area contributed by atoms with E-state index in [0.29, 0.717) is 24.3 Å². The molecule has 1 aliphatic rings. The highest BCUT2D eigenvalue weighted by Gasteiger charge is 2.31. The molecule has 1 aromatic heterocycles. The summed E-state index contributed by atoms with van der Waals surface area (Å²) in [6.07, 6.45) is 4.65. The summed E-state index contributed by atoms with van der Waals surface area (Å²) in [5.74, 6) is 2.08. The van der Waals surface area contributed by atoms with Gasteiger partial charge in [0.2, 0.25) is 5.91 Å². The average molecular weight is 352 g/mol. The van der Waals surface area contributed by atoms with Crippen molar-refractivity contribution in [2.45, 2.75) is 25.1 Å². The van der Waals surface area contributed by atoms with Gasteiger partial charge < -0.3 is 10.6 Å². The van der Waals surface area contributed by atoms with Crippen molar-refractivity contribution >= 4 is 42.5 Å². The van der Waals surface area contributed by atoms with Crippen molar-refractivity contribution in [1.29, 1.82) is 0 Å². The van der Waals surface area contributed by atoms with Crippen LogP contribution in [-0.2, 0) is 10.5 Å². The molecular formula is C14H23Cl2N3OS. The maximum absolute atomic E-state index is 12.2. The number of thioether (sulfide) groups is 1. The molecule has 0 aromatic carbocycles. The van der Waals surface area contributed by atoms with Gasteiger partial charge in [-0.2, -0.15) is 0 Å². The minimum absolute atomic E-state index is 0. The zero-order chi connectivity index (χ0) is 13.7. The number of hydrogen-bond acceptors (Lipinski definition) is 4. The zero-order valence-corrected chi connectivity index (χ0v) is 14.6. The molecule has 21 heavy (non-hydrogen) atoms. The molecule has 2 rings (SSSR count). The van der Waals surface area contributed by atoms with E-state index in [1.54, 1.807) is 18.0 Å². The second kappa shape index (κ2) is 10.3. The Hall–Kier alpha value is -0.490. The fraction of sp³-hybridized carbons (Fsp3) is 0.571. The molecule has 0 bridgehead atoms. The first kappa shape index (κ1) is 20.5. The topological polar surface area (TPSA) is 59.2 Å². The predicted molar refractivity (Wildman–Crippen MR) is 93.2 cm³/mol. The van der Waals surface area contributed by atoms with Crippen LogP contribution in [0.4, 0.5) is 0 Å². The van der Waals surface area contributed by atoms with E-state index >= 15 is 0 Å². The van der Waals surface area contributed by atoms with E-state index < -0.39 is 0 Å². The summed E-state index contributed by atoms with van der Waals surface area (Å²) in [7, 11) is 0. The van der Waals surface area contributed by atoms with Gasteiger partial charge in [0.25, 0.3) is 0 Å². The van der Waals surface area contributed by atoms with Crippen molar-refractivity contribution in [3.05, 3.63) is 30.1 Å². The number of hydrogen-bond donors (Lipinski definition) is 1. The van der Waals surface area contributed by atoms with Gasteiger partial charge in [-0.15, -0.1) is 36.6 Å². The fourth-order valence-electron chi connectivity index (χ4n) is 2.48. The molecule has 1 fully saturated rings. The lowest BCUT2D eigenvalue weighted by atomic mass is 10.1. The lowest BCUT2D eigenvalue weighted by molar-refractivity contribution is -0.128. The van der Waals surface area contributed by atoms with Gasteiger partial charge in [-0.1, -0.05) is 6.07 Å². The Morgan fingerprint density at radius 2 is 2.29 bits per heavy atom. The van der Waals surface area contributed by atoms with Gasteiger partial charge in [-0.3, -0.25) is 9.78 Å². The number of nitrogens with zero attached hydrogens (tertiary/aromatic N) is 2. The lowest BCUT2D eigenvalue weighted by Gasteiger charge is -2.21. The van der Waals surface area contributed by atoms with E-state index in [1.165, 1.54) is 0 Å². The molecule has 1 saturated heterocycles. The minimum atomic E-state index is 0. The number of halogens is 2. The van der Waals surface area contributed by atoms with Crippen LogP contribution in [0.5, 0.6) is 0 Å². The number of likely N-dealkylation sites (tertiary alicyclic amines) is 1. The Kier molecular flexibility index (Phi) is 10.0. The molecule has 0 radical (unpaired) electrons. The van der Waals surface area contributed by atoms with Crippen LogP contribution in [-0.4, -0.2) is 40.7 Å². The standard InChI is InChI=1S/C14H21N3OS.2ClH/c1-11-5-13(6-15)8-17(11)14(18)10-19-9-12-3-2-4-16-7-12;;/h2-4,7,11,13H,5-6,8-10,15H2,1H3;2*1H. The monoisotopic (exact) mass is 351 g/mol. The number of carbonyl (C=O) groups excluding carboxylic acids is 1. The Morgan fingerprint density at radius 3 is 2.86 bits per heavy atom. The molecule has 0 saturated carbocycles. The second-order valence-corrected chi connectivity index (χ2v) is 6.07. The van der Waals surface area contributed by atoms with Crippen molar-refractivity contribution in [2.75, 3.05) is 18.8 Å². The number of rotatable bonds is 5. The third-order valence-electron chi connectivity index (χ3n) is 3.53. The molecule has 2 N–H and O–H groups in total. The van der Waals surface area contributed by atoms with Gasteiger partial charge in [0.05, 0.1) is 5.75 Å². The quantitative estimate of drug-likeness (QED) is 0.884. The number of nitrogens with two attached hydrogens (primary N) is 1. The minimum Gasteiger partial charge on any atom is -0.339 e. The summed E-state index contributed by atoms with van der Waals surface area (Å²) < 4.78 is 0. The van der Waals surface area contributed by atoms with Crippen molar-refractivity contribution in [3.63, 3.8) is 0 Å². The molecule has 0 spiro atoms. The molecule has 2 unspecified atom stereocenters. The molecule has 7 heteroatoms. The van der Waals surface area contributed by atoms with Crippen LogP contribution < -0.4 is 5.73 Å². The summed E-state index contributed by atoms with van der Waals surface area (Å²) in [5.41, 5.74) is 6.85. The third-order valence-corrected chi connectivity index (χ3v) is 4.52. The van der Waals surface area contributed by atoms with Crippen LogP contribution in [0.3, 0.4) is 0 Å². The van der Waals surface area contributed by atoms with E-state index in [4.69, 9.17) is 5.73 Å². The first-order valence-electron chi connectivity index (χ1n) is 6.67. The smallest absolute Gasteiger partial charge is 0.232 e. The molecule has 4 nitrogen and oxygen atoms in total. The maximum Gasteiger partial charge on any atom is 0.232 e. The lowest BCUT2D eigenvalue weighted by Crippen LogP contribution is -2.35. The molecule has 1 aromatic rings. The van der Waals surface area contributed by atoms with E-state index in [0.717, 1.165) is 24.3 Å². The SMILES string of the molecule is CC1CC(CN)CN1C(=O)CSCc1cccnc1.Cl.Cl. The highest BCUT2D eigenvalue weighted by atomic mass is 35.5. The number of amides is 1. The summed E-state index contributed by atoms with van der Waals surface area (Å²) in [5, 5.41) is 0. The number of aromatic nitrogens is 1. The van der Waals surface area contributed by atoms with E-state index in [1.807, 2.05) is 23.2 Å². The summed E-state index contributed by atoms with van der Waals surface area (Å²) >= 11 is 1.65. The van der Waals surface area contributed by atoms with Crippen molar-refractivity contribution in [3.8, 4) is 0 Å². The molecule has 2 heterocycles. The fourth-order valence-corrected chi connectivity index (χ4v) is 3.33. The van der Waals surface area contributed by atoms with Gasteiger partial charge >= 0.3 is 0 Å². The van der Waals surface area contributed by atoms with Gasteiger partial charge in [0, 0.05) is 30.7 Å². The molecule has 120 valence electrons. The molecule has 1 aliphatic heterocycles. The van der Waals surface area contributed by atoms with E-state index in [-0.39, 0.29) is 30.7 Å². The third kappa shape index (κ3) is 6.02. The van der Waals surface area contributed by atoms with Gasteiger partial charge in [-0.25, -0.2) is 0 Å². The van der Waals surface area contributed by atoms with Crippen LogP contribution >= 0.6 is 36.6 Å². The van der Waals surface area contributed by atoms with E-state index in [9.17, 15) is 4.79 Å². The molecule has 1 amide bonds. The Labute approximate surface area is 143 Å². The second-order valence-electron chi connectivity index (χ2n) is 5.09. The van der Waals surface area contributed by atoms with Crippen LogP contribution in [0.25, 0.3) is 0 Å². The van der Waals surface area contributed by atoms with Crippen molar-refractivity contribution in [2.24, 2.45) is 11.7 Å². The maximum atomic E-state index is 12.2. The molecular weight excluding hydrogens is 329 g/mol. The van der Waals surface area contributed by atoms with Crippen LogP contribution in [0.15, 0.2) is 24.5 Å². The highest BCUT2D eigenvalue weighted by Crippen LogP contribution is 2.23. The molecule has 2 atom stereocenters. The Morgan fingerprint density at radius 1 is 1.52 bits per heavy atom. The number of pyridine rings is 1. The van der Waals surface area contributed by atoms with Crippen molar-refractivity contribution < 1.29 is 4.79 Å². The normalized spacial score (nSPS) is 20.6. The summed E-state index contributed by atoms with van der Waals surface area (Å²) in [6.45, 7) is 3.61. The number of carbonyl (C=O) groups is 1. The molecule has 0 aliphatic carbocycles. The summed E-state index contributed by atoms with van der Waals surface area (Å²) in [6, 6.07) is 4.29. The Bertz CT molecular complexity index is 422. The summed E-state index contributed by atoms with van der Waals surface area (Å²) in [4.78, 5) is 18.2.